The first-order valence-electron chi connectivity index (χ1n) is 6.26. The van der Waals surface area contributed by atoms with E-state index in [4.69, 9.17) is 4.74 Å². The van der Waals surface area contributed by atoms with Gasteiger partial charge in [0.1, 0.15) is 17.5 Å². The lowest BCUT2D eigenvalue weighted by atomic mass is 9.97. The smallest absolute Gasteiger partial charge is 0.148 e. The number of hydrogen-bond acceptors (Lipinski definition) is 3. The molecule has 0 aliphatic heterocycles. The minimum atomic E-state index is 0.428. The Hall–Kier alpha value is -2.86. The number of methoxy groups -OCH3 is 1. The van der Waals surface area contributed by atoms with Gasteiger partial charge in [-0.1, -0.05) is 30.3 Å². The zero-order chi connectivity index (χ0) is 13.9. The molecule has 3 aromatic rings. The van der Waals surface area contributed by atoms with E-state index in [0.717, 1.165) is 27.6 Å². The van der Waals surface area contributed by atoms with Gasteiger partial charge in [0.15, 0.2) is 0 Å². The Morgan fingerprint density at radius 1 is 1.10 bits per heavy atom. The van der Waals surface area contributed by atoms with Gasteiger partial charge in [0.25, 0.3) is 0 Å². The number of fused-ring (bicyclic) bond motifs is 1. The monoisotopic (exact) mass is 260 g/mol. The molecule has 1 heterocycles. The minimum Gasteiger partial charge on any atom is -0.497 e. The summed E-state index contributed by atoms with van der Waals surface area (Å²) in [6, 6.07) is 17.8. The van der Waals surface area contributed by atoms with Crippen molar-refractivity contribution in [2.24, 2.45) is 0 Å². The number of nitrogens with zero attached hydrogens (tertiary/aromatic N) is 2. The van der Waals surface area contributed by atoms with Crippen LogP contribution in [0.2, 0.25) is 0 Å². The average molecular weight is 260 g/mol. The predicted octanol–water partition coefficient (Wildman–Crippen LogP) is 3.78. The summed E-state index contributed by atoms with van der Waals surface area (Å²) >= 11 is 0. The molecule has 0 spiro atoms. The van der Waals surface area contributed by atoms with Crippen molar-refractivity contribution in [1.29, 1.82) is 5.26 Å². The Balaban J connectivity index is 2.40. The highest BCUT2D eigenvalue weighted by atomic mass is 16.5. The van der Waals surface area contributed by atoms with Crippen molar-refractivity contribution in [3.63, 3.8) is 0 Å². The maximum absolute atomic E-state index is 9.32. The largest absolute Gasteiger partial charge is 0.497 e. The number of aromatic nitrogens is 1. The highest BCUT2D eigenvalue weighted by Crippen LogP contribution is 2.32. The molecule has 0 amide bonds. The molecule has 3 nitrogen and oxygen atoms in total. The summed E-state index contributed by atoms with van der Waals surface area (Å²) in [4.78, 5) is 4.26. The number of benzene rings is 2. The summed E-state index contributed by atoms with van der Waals surface area (Å²) in [5, 5.41) is 11.3. The zero-order valence-electron chi connectivity index (χ0n) is 11.0. The van der Waals surface area contributed by atoms with Crippen LogP contribution in [0.1, 0.15) is 5.69 Å². The molecule has 20 heavy (non-hydrogen) atoms. The second-order valence-electron chi connectivity index (χ2n) is 4.41. The quantitative estimate of drug-likeness (QED) is 0.704. The van der Waals surface area contributed by atoms with Crippen LogP contribution in [-0.4, -0.2) is 12.1 Å². The Bertz CT molecular complexity index is 804. The second-order valence-corrected chi connectivity index (χ2v) is 4.41. The van der Waals surface area contributed by atoms with Gasteiger partial charge in [0, 0.05) is 17.1 Å². The summed E-state index contributed by atoms with van der Waals surface area (Å²) in [7, 11) is 1.63. The van der Waals surface area contributed by atoms with Gasteiger partial charge in [0.05, 0.1) is 7.11 Å². The standard InChI is InChI=1S/C17H12N2O/c1-20-14-8-7-13-11-19-16(10-18)17(15(13)9-14)12-5-3-2-4-6-12/h2-9,11H,1H3. The third-order valence-electron chi connectivity index (χ3n) is 3.27. The van der Waals surface area contributed by atoms with Crippen molar-refractivity contribution in [3.05, 3.63) is 60.4 Å². The highest BCUT2D eigenvalue weighted by molar-refractivity contribution is 5.98. The summed E-state index contributed by atoms with van der Waals surface area (Å²) < 4.78 is 5.28. The molecule has 96 valence electrons. The summed E-state index contributed by atoms with van der Waals surface area (Å²) in [5.41, 5.74) is 2.26. The number of rotatable bonds is 2. The fourth-order valence-electron chi connectivity index (χ4n) is 2.30. The van der Waals surface area contributed by atoms with E-state index in [0.29, 0.717) is 5.69 Å². The SMILES string of the molecule is COc1ccc2cnc(C#N)c(-c3ccccc3)c2c1. The molecule has 0 aliphatic carbocycles. The van der Waals surface area contributed by atoms with E-state index in [-0.39, 0.29) is 0 Å². The molecule has 0 aliphatic rings. The first-order valence-corrected chi connectivity index (χ1v) is 6.26. The lowest BCUT2D eigenvalue weighted by Gasteiger charge is -2.10. The number of pyridine rings is 1. The van der Waals surface area contributed by atoms with E-state index in [1.807, 2.05) is 48.5 Å². The number of hydrogen-bond donors (Lipinski definition) is 0. The van der Waals surface area contributed by atoms with Crippen LogP contribution in [0, 0.1) is 11.3 Å². The van der Waals surface area contributed by atoms with Crippen molar-refractivity contribution in [1.82, 2.24) is 4.98 Å². The highest BCUT2D eigenvalue weighted by Gasteiger charge is 2.11. The molecule has 0 fully saturated rings. The molecule has 3 heteroatoms. The van der Waals surface area contributed by atoms with Crippen LogP contribution in [0.25, 0.3) is 21.9 Å². The van der Waals surface area contributed by atoms with Gasteiger partial charge in [-0.2, -0.15) is 5.26 Å². The fourth-order valence-corrected chi connectivity index (χ4v) is 2.30. The maximum atomic E-state index is 9.32. The van der Waals surface area contributed by atoms with Crippen molar-refractivity contribution in [2.45, 2.75) is 0 Å². The minimum absolute atomic E-state index is 0.428. The molecular formula is C17H12N2O. The molecule has 0 radical (unpaired) electrons. The van der Waals surface area contributed by atoms with Crippen molar-refractivity contribution < 1.29 is 4.74 Å². The van der Waals surface area contributed by atoms with Gasteiger partial charge in [-0.3, -0.25) is 0 Å². The van der Waals surface area contributed by atoms with E-state index in [9.17, 15) is 5.26 Å². The van der Waals surface area contributed by atoms with E-state index < -0.39 is 0 Å². The first kappa shape index (κ1) is 12.2. The number of ether oxygens (including phenoxy) is 1. The predicted molar refractivity (Wildman–Crippen MR) is 78.4 cm³/mol. The van der Waals surface area contributed by atoms with Crippen LogP contribution in [-0.2, 0) is 0 Å². The third-order valence-corrected chi connectivity index (χ3v) is 3.27. The van der Waals surface area contributed by atoms with E-state index in [1.165, 1.54) is 0 Å². The summed E-state index contributed by atoms with van der Waals surface area (Å²) in [5.74, 6) is 0.768. The van der Waals surface area contributed by atoms with E-state index in [1.54, 1.807) is 13.3 Å². The van der Waals surface area contributed by atoms with Gasteiger partial charge < -0.3 is 4.74 Å². The first-order chi connectivity index (χ1) is 9.83. The van der Waals surface area contributed by atoms with Crippen LogP contribution in [0.15, 0.2) is 54.7 Å². The number of nitriles is 1. The maximum Gasteiger partial charge on any atom is 0.148 e. The van der Waals surface area contributed by atoms with E-state index >= 15 is 0 Å². The van der Waals surface area contributed by atoms with Crippen LogP contribution >= 0.6 is 0 Å². The molecular weight excluding hydrogens is 248 g/mol. The lowest BCUT2D eigenvalue weighted by Crippen LogP contribution is -1.92. The van der Waals surface area contributed by atoms with Crippen LogP contribution < -0.4 is 4.74 Å². The zero-order valence-corrected chi connectivity index (χ0v) is 11.0. The van der Waals surface area contributed by atoms with Crippen molar-refractivity contribution in [3.8, 4) is 22.9 Å². The molecule has 1 aromatic heterocycles. The summed E-state index contributed by atoms with van der Waals surface area (Å²) in [6.07, 6.45) is 1.72. The molecule has 0 bridgehead atoms. The topological polar surface area (TPSA) is 45.9 Å². The van der Waals surface area contributed by atoms with Crippen LogP contribution in [0.4, 0.5) is 0 Å². The molecule has 0 atom stereocenters. The molecule has 0 N–H and O–H groups in total. The Labute approximate surface area is 117 Å². The van der Waals surface area contributed by atoms with Crippen LogP contribution in [0.5, 0.6) is 5.75 Å². The second kappa shape index (κ2) is 5.02. The molecule has 0 saturated heterocycles. The molecule has 2 aromatic carbocycles. The molecule has 0 unspecified atom stereocenters. The van der Waals surface area contributed by atoms with Gasteiger partial charge in [-0.15, -0.1) is 0 Å². The van der Waals surface area contributed by atoms with Crippen molar-refractivity contribution in [2.75, 3.05) is 7.11 Å². The van der Waals surface area contributed by atoms with Crippen molar-refractivity contribution >= 4 is 10.8 Å². The normalized spacial score (nSPS) is 10.2. The third kappa shape index (κ3) is 1.98. The average Bonchev–Trinajstić information content (AvgIpc) is 2.53. The van der Waals surface area contributed by atoms with Gasteiger partial charge >= 0.3 is 0 Å². The van der Waals surface area contributed by atoms with Gasteiger partial charge in [-0.05, 0) is 29.1 Å². The Morgan fingerprint density at radius 3 is 2.60 bits per heavy atom. The Kier molecular flexibility index (Phi) is 3.06. The molecule has 3 rings (SSSR count). The molecule has 0 saturated carbocycles. The fraction of sp³-hybridized carbons (Fsp3) is 0.0588. The van der Waals surface area contributed by atoms with E-state index in [2.05, 4.69) is 11.1 Å². The lowest BCUT2D eigenvalue weighted by molar-refractivity contribution is 0.415. The van der Waals surface area contributed by atoms with Gasteiger partial charge in [-0.25, -0.2) is 4.98 Å². The Morgan fingerprint density at radius 2 is 1.90 bits per heavy atom. The van der Waals surface area contributed by atoms with Gasteiger partial charge in [0.2, 0.25) is 0 Å². The summed E-state index contributed by atoms with van der Waals surface area (Å²) in [6.45, 7) is 0. The van der Waals surface area contributed by atoms with Crippen LogP contribution in [0.3, 0.4) is 0 Å².